The molecule has 1 aliphatic heterocycles. The first kappa shape index (κ1) is 13.8. The van der Waals surface area contributed by atoms with Crippen LogP contribution in [0.2, 0.25) is 0 Å². The molecule has 0 bridgehead atoms. The fourth-order valence-electron chi connectivity index (χ4n) is 2.90. The quantitative estimate of drug-likeness (QED) is 0.853. The van der Waals surface area contributed by atoms with Crippen molar-refractivity contribution in [1.82, 2.24) is 9.88 Å². The Balaban J connectivity index is 1.71. The molecule has 3 rings (SSSR count). The van der Waals surface area contributed by atoms with Crippen LogP contribution < -0.4 is 10.6 Å². The van der Waals surface area contributed by atoms with Gasteiger partial charge in [0, 0.05) is 38.9 Å². The highest BCUT2D eigenvalue weighted by Gasteiger charge is 2.27. The fraction of sp³-hybridized carbons (Fsp3) is 0.600. The molecule has 1 saturated carbocycles. The van der Waals surface area contributed by atoms with E-state index < -0.39 is 0 Å². The van der Waals surface area contributed by atoms with Gasteiger partial charge in [-0.05, 0) is 37.3 Å². The van der Waals surface area contributed by atoms with Crippen molar-refractivity contribution in [2.24, 2.45) is 11.7 Å². The average Bonchev–Trinajstić information content (AvgIpc) is 3.23. The van der Waals surface area contributed by atoms with E-state index in [0.29, 0.717) is 4.99 Å². The lowest BCUT2D eigenvalue weighted by Gasteiger charge is -2.36. The lowest BCUT2D eigenvalue weighted by atomic mass is 10.1. The number of piperazine rings is 1. The van der Waals surface area contributed by atoms with Crippen molar-refractivity contribution in [2.75, 3.05) is 37.6 Å². The molecule has 5 heteroatoms. The molecule has 2 aliphatic rings. The Morgan fingerprint density at radius 1 is 1.35 bits per heavy atom. The summed E-state index contributed by atoms with van der Waals surface area (Å²) in [6, 6.07) is 1.97. The van der Waals surface area contributed by atoms with E-state index >= 15 is 0 Å². The zero-order valence-electron chi connectivity index (χ0n) is 12.0. The second kappa shape index (κ2) is 5.66. The highest BCUT2D eigenvalue weighted by molar-refractivity contribution is 7.80. The van der Waals surface area contributed by atoms with Crippen LogP contribution in [0.1, 0.15) is 24.0 Å². The average molecular weight is 290 g/mol. The Labute approximate surface area is 126 Å². The molecule has 0 amide bonds. The van der Waals surface area contributed by atoms with Crippen LogP contribution in [-0.2, 0) is 0 Å². The molecular weight excluding hydrogens is 268 g/mol. The van der Waals surface area contributed by atoms with Crippen LogP contribution in [0, 0.1) is 12.8 Å². The third-order valence-corrected chi connectivity index (χ3v) is 4.47. The van der Waals surface area contributed by atoms with Gasteiger partial charge in [0.2, 0.25) is 0 Å². The molecule has 1 saturated heterocycles. The molecule has 0 radical (unpaired) electrons. The number of aromatic nitrogens is 1. The molecule has 2 heterocycles. The Morgan fingerprint density at radius 2 is 2.05 bits per heavy atom. The summed E-state index contributed by atoms with van der Waals surface area (Å²) >= 11 is 5.20. The number of pyridine rings is 1. The molecule has 1 aliphatic carbocycles. The smallest absolute Gasteiger partial charge is 0.139 e. The van der Waals surface area contributed by atoms with Crippen LogP contribution >= 0.6 is 12.2 Å². The van der Waals surface area contributed by atoms with Crippen molar-refractivity contribution in [1.29, 1.82) is 0 Å². The van der Waals surface area contributed by atoms with Crippen LogP contribution in [0.3, 0.4) is 0 Å². The van der Waals surface area contributed by atoms with E-state index in [1.165, 1.54) is 19.4 Å². The standard InChI is InChI=1S/C15H22N4S/c1-11-4-5-17-15(13(11)14(16)20)19-8-6-18(7-9-19)10-12-2-3-12/h4-5,12H,2-3,6-10H2,1H3,(H2,16,20). The van der Waals surface area contributed by atoms with Gasteiger partial charge in [-0.1, -0.05) is 12.2 Å². The van der Waals surface area contributed by atoms with Crippen molar-refractivity contribution in [3.8, 4) is 0 Å². The summed E-state index contributed by atoms with van der Waals surface area (Å²) in [5.74, 6) is 1.93. The van der Waals surface area contributed by atoms with Gasteiger partial charge >= 0.3 is 0 Å². The van der Waals surface area contributed by atoms with Crippen LogP contribution in [0.5, 0.6) is 0 Å². The van der Waals surface area contributed by atoms with E-state index in [0.717, 1.165) is 49.0 Å². The van der Waals surface area contributed by atoms with Gasteiger partial charge in [0.1, 0.15) is 10.8 Å². The van der Waals surface area contributed by atoms with Crippen LogP contribution in [0.25, 0.3) is 0 Å². The molecular formula is C15H22N4S. The molecule has 1 aromatic heterocycles. The van der Waals surface area contributed by atoms with Crippen molar-refractivity contribution >= 4 is 23.0 Å². The Hall–Kier alpha value is -1.20. The number of hydrogen-bond donors (Lipinski definition) is 1. The number of thiocarbonyl (C=S) groups is 1. The second-order valence-electron chi connectivity index (χ2n) is 5.92. The number of hydrogen-bond acceptors (Lipinski definition) is 4. The fourth-order valence-corrected chi connectivity index (χ4v) is 3.15. The number of nitrogens with two attached hydrogens (primary N) is 1. The molecule has 108 valence electrons. The van der Waals surface area contributed by atoms with Gasteiger partial charge in [-0.2, -0.15) is 0 Å². The van der Waals surface area contributed by atoms with Crippen molar-refractivity contribution in [3.63, 3.8) is 0 Å². The van der Waals surface area contributed by atoms with Gasteiger partial charge in [0.15, 0.2) is 0 Å². The number of anilines is 1. The Bertz CT molecular complexity index is 505. The first-order chi connectivity index (χ1) is 9.65. The third kappa shape index (κ3) is 2.94. The van der Waals surface area contributed by atoms with Crippen molar-refractivity contribution in [2.45, 2.75) is 19.8 Å². The van der Waals surface area contributed by atoms with Gasteiger partial charge in [0.05, 0.1) is 5.56 Å². The first-order valence-corrected chi connectivity index (χ1v) is 7.78. The van der Waals surface area contributed by atoms with Crippen LogP contribution in [-0.4, -0.2) is 47.6 Å². The molecule has 2 fully saturated rings. The van der Waals surface area contributed by atoms with Crippen molar-refractivity contribution in [3.05, 3.63) is 23.4 Å². The second-order valence-corrected chi connectivity index (χ2v) is 6.36. The zero-order valence-corrected chi connectivity index (χ0v) is 12.8. The van der Waals surface area contributed by atoms with Gasteiger partial charge in [-0.3, -0.25) is 4.90 Å². The maximum atomic E-state index is 5.88. The van der Waals surface area contributed by atoms with E-state index in [4.69, 9.17) is 18.0 Å². The Morgan fingerprint density at radius 3 is 2.65 bits per heavy atom. The Kier molecular flexibility index (Phi) is 3.89. The van der Waals surface area contributed by atoms with Gasteiger partial charge in [-0.25, -0.2) is 4.98 Å². The van der Waals surface area contributed by atoms with Crippen LogP contribution in [0.4, 0.5) is 5.82 Å². The van der Waals surface area contributed by atoms with E-state index in [-0.39, 0.29) is 0 Å². The van der Waals surface area contributed by atoms with Crippen molar-refractivity contribution < 1.29 is 0 Å². The molecule has 0 unspecified atom stereocenters. The van der Waals surface area contributed by atoms with Gasteiger partial charge in [0.25, 0.3) is 0 Å². The topological polar surface area (TPSA) is 45.4 Å². The van der Waals surface area contributed by atoms with E-state index in [1.807, 2.05) is 19.2 Å². The lowest BCUT2D eigenvalue weighted by Crippen LogP contribution is -2.47. The summed E-state index contributed by atoms with van der Waals surface area (Å²) < 4.78 is 0. The molecule has 0 atom stereocenters. The lowest BCUT2D eigenvalue weighted by molar-refractivity contribution is 0.247. The summed E-state index contributed by atoms with van der Waals surface area (Å²) in [6.45, 7) is 7.57. The van der Waals surface area contributed by atoms with E-state index in [2.05, 4.69) is 14.8 Å². The molecule has 4 nitrogen and oxygen atoms in total. The van der Waals surface area contributed by atoms with E-state index in [1.54, 1.807) is 0 Å². The minimum Gasteiger partial charge on any atom is -0.389 e. The monoisotopic (exact) mass is 290 g/mol. The minimum atomic E-state index is 0.450. The molecule has 1 aromatic rings. The summed E-state index contributed by atoms with van der Waals surface area (Å²) in [4.78, 5) is 9.87. The normalized spacial score (nSPS) is 20.1. The molecule has 2 N–H and O–H groups in total. The number of nitrogens with zero attached hydrogens (tertiary/aromatic N) is 3. The predicted molar refractivity (Wildman–Crippen MR) is 86.2 cm³/mol. The first-order valence-electron chi connectivity index (χ1n) is 7.38. The summed E-state index contributed by atoms with van der Waals surface area (Å²) in [5, 5.41) is 0. The predicted octanol–water partition coefficient (Wildman–Crippen LogP) is 1.56. The number of rotatable bonds is 4. The van der Waals surface area contributed by atoms with Gasteiger partial charge < -0.3 is 10.6 Å². The zero-order chi connectivity index (χ0) is 14.1. The maximum absolute atomic E-state index is 5.88. The molecule has 20 heavy (non-hydrogen) atoms. The highest BCUT2D eigenvalue weighted by atomic mass is 32.1. The summed E-state index contributed by atoms with van der Waals surface area (Å²) in [6.07, 6.45) is 4.69. The highest BCUT2D eigenvalue weighted by Crippen LogP contribution is 2.30. The maximum Gasteiger partial charge on any atom is 0.139 e. The van der Waals surface area contributed by atoms with E-state index in [9.17, 15) is 0 Å². The third-order valence-electron chi connectivity index (χ3n) is 4.27. The largest absolute Gasteiger partial charge is 0.389 e. The summed E-state index contributed by atoms with van der Waals surface area (Å²) in [5.41, 5.74) is 7.93. The SMILES string of the molecule is Cc1ccnc(N2CCN(CC3CC3)CC2)c1C(N)=S. The molecule has 0 spiro atoms. The minimum absolute atomic E-state index is 0.450. The van der Waals surface area contributed by atoms with Crippen LogP contribution in [0.15, 0.2) is 12.3 Å². The van der Waals surface area contributed by atoms with Gasteiger partial charge in [-0.15, -0.1) is 0 Å². The summed E-state index contributed by atoms with van der Waals surface area (Å²) in [7, 11) is 0. The molecule has 0 aromatic carbocycles. The number of aryl methyl sites for hydroxylation is 1.